The molecule has 0 unspecified atom stereocenters. The van der Waals surface area contributed by atoms with Crippen molar-refractivity contribution < 1.29 is 0 Å². The molecule has 0 heterocycles. The molecule has 0 aliphatic carbocycles. The highest BCUT2D eigenvalue weighted by atomic mass is 35.5. The SMILES string of the molecule is CN(Cc1cccc(Cl)c1)c1cccc(Cl)c1N. The Morgan fingerprint density at radius 3 is 2.56 bits per heavy atom. The normalized spacial score (nSPS) is 10.4. The van der Waals surface area contributed by atoms with Gasteiger partial charge in [0.25, 0.3) is 0 Å². The van der Waals surface area contributed by atoms with Crippen LogP contribution in [-0.4, -0.2) is 7.05 Å². The van der Waals surface area contributed by atoms with E-state index in [9.17, 15) is 0 Å². The van der Waals surface area contributed by atoms with Crippen molar-refractivity contribution in [2.24, 2.45) is 0 Å². The van der Waals surface area contributed by atoms with Crippen LogP contribution < -0.4 is 10.6 Å². The molecule has 0 atom stereocenters. The summed E-state index contributed by atoms with van der Waals surface area (Å²) >= 11 is 12.0. The second-order valence-electron chi connectivity index (χ2n) is 4.16. The molecule has 0 aliphatic heterocycles. The molecule has 0 fully saturated rings. The minimum absolute atomic E-state index is 0.574. The standard InChI is InChI=1S/C14H14Cl2N2/c1-18(9-10-4-2-5-11(15)8-10)13-7-3-6-12(16)14(13)17/h2-8H,9,17H2,1H3. The maximum Gasteiger partial charge on any atom is 0.0741 e. The Bertz CT molecular complexity index is 555. The van der Waals surface area contributed by atoms with Crippen LogP contribution in [-0.2, 0) is 6.54 Å². The Hall–Kier alpha value is -1.38. The van der Waals surface area contributed by atoms with Crippen molar-refractivity contribution in [1.82, 2.24) is 0 Å². The van der Waals surface area contributed by atoms with Gasteiger partial charge in [0.15, 0.2) is 0 Å². The van der Waals surface area contributed by atoms with E-state index in [1.54, 1.807) is 6.07 Å². The number of nitrogens with two attached hydrogens (primary N) is 1. The van der Waals surface area contributed by atoms with Gasteiger partial charge in [-0.15, -0.1) is 0 Å². The summed E-state index contributed by atoms with van der Waals surface area (Å²) in [5.41, 5.74) is 8.62. The number of benzene rings is 2. The first-order chi connectivity index (χ1) is 8.58. The van der Waals surface area contributed by atoms with Gasteiger partial charge in [-0.1, -0.05) is 41.4 Å². The first-order valence-electron chi connectivity index (χ1n) is 5.57. The Balaban J connectivity index is 2.22. The number of hydrogen-bond acceptors (Lipinski definition) is 2. The van der Waals surface area contributed by atoms with Crippen LogP contribution in [0.15, 0.2) is 42.5 Å². The summed E-state index contributed by atoms with van der Waals surface area (Å²) in [4.78, 5) is 2.05. The van der Waals surface area contributed by atoms with Crippen LogP contribution in [0.3, 0.4) is 0 Å². The largest absolute Gasteiger partial charge is 0.396 e. The molecular formula is C14H14Cl2N2. The molecule has 2 aromatic rings. The lowest BCUT2D eigenvalue weighted by atomic mass is 10.2. The molecule has 0 aromatic heterocycles. The molecule has 0 radical (unpaired) electrons. The summed E-state index contributed by atoms with van der Waals surface area (Å²) in [6.45, 7) is 0.727. The minimum Gasteiger partial charge on any atom is -0.396 e. The average molecular weight is 281 g/mol. The first kappa shape index (κ1) is 13.1. The van der Waals surface area contributed by atoms with Crippen molar-refractivity contribution in [3.63, 3.8) is 0 Å². The lowest BCUT2D eigenvalue weighted by Gasteiger charge is -2.21. The van der Waals surface area contributed by atoms with Crippen molar-refractivity contribution in [3.8, 4) is 0 Å². The van der Waals surface area contributed by atoms with Gasteiger partial charge in [0.2, 0.25) is 0 Å². The number of nitrogens with zero attached hydrogens (tertiary/aromatic N) is 1. The van der Waals surface area contributed by atoms with Crippen LogP contribution in [0.5, 0.6) is 0 Å². The van der Waals surface area contributed by atoms with E-state index in [1.165, 1.54) is 0 Å². The van der Waals surface area contributed by atoms with E-state index in [-0.39, 0.29) is 0 Å². The van der Waals surface area contributed by atoms with E-state index in [0.29, 0.717) is 10.7 Å². The van der Waals surface area contributed by atoms with Crippen molar-refractivity contribution in [1.29, 1.82) is 0 Å². The third-order valence-electron chi connectivity index (χ3n) is 2.75. The summed E-state index contributed by atoms with van der Waals surface area (Å²) in [6.07, 6.45) is 0. The maximum absolute atomic E-state index is 6.01. The summed E-state index contributed by atoms with van der Waals surface area (Å²) < 4.78 is 0. The quantitative estimate of drug-likeness (QED) is 0.854. The van der Waals surface area contributed by atoms with E-state index < -0.39 is 0 Å². The number of rotatable bonds is 3. The maximum atomic E-state index is 6.01. The summed E-state index contributed by atoms with van der Waals surface area (Å²) in [7, 11) is 1.98. The molecule has 2 aromatic carbocycles. The van der Waals surface area contributed by atoms with Crippen molar-refractivity contribution in [2.75, 3.05) is 17.7 Å². The fraction of sp³-hybridized carbons (Fsp3) is 0.143. The predicted molar refractivity (Wildman–Crippen MR) is 79.4 cm³/mol. The minimum atomic E-state index is 0.574. The Kier molecular flexibility index (Phi) is 4.00. The van der Waals surface area contributed by atoms with Crippen LogP contribution >= 0.6 is 23.2 Å². The van der Waals surface area contributed by atoms with Crippen LogP contribution in [0.1, 0.15) is 5.56 Å². The second kappa shape index (κ2) is 5.51. The highest BCUT2D eigenvalue weighted by Gasteiger charge is 2.08. The van der Waals surface area contributed by atoms with Crippen LogP contribution in [0.25, 0.3) is 0 Å². The highest BCUT2D eigenvalue weighted by molar-refractivity contribution is 6.33. The van der Waals surface area contributed by atoms with E-state index >= 15 is 0 Å². The average Bonchev–Trinajstić information content (AvgIpc) is 2.32. The third kappa shape index (κ3) is 2.89. The zero-order chi connectivity index (χ0) is 13.1. The molecule has 4 heteroatoms. The van der Waals surface area contributed by atoms with E-state index in [0.717, 1.165) is 22.8 Å². The molecule has 0 amide bonds. The molecule has 0 spiro atoms. The lowest BCUT2D eigenvalue weighted by molar-refractivity contribution is 0.925. The fourth-order valence-electron chi connectivity index (χ4n) is 1.85. The molecule has 94 valence electrons. The van der Waals surface area contributed by atoms with Gasteiger partial charge in [0, 0.05) is 18.6 Å². The fourth-order valence-corrected chi connectivity index (χ4v) is 2.24. The smallest absolute Gasteiger partial charge is 0.0741 e. The van der Waals surface area contributed by atoms with Gasteiger partial charge in [-0.05, 0) is 29.8 Å². The van der Waals surface area contributed by atoms with Crippen molar-refractivity contribution >= 4 is 34.6 Å². The molecule has 0 aliphatic rings. The van der Waals surface area contributed by atoms with E-state index in [2.05, 4.69) is 0 Å². The number of anilines is 2. The molecule has 0 saturated heterocycles. The van der Waals surface area contributed by atoms with Crippen molar-refractivity contribution in [3.05, 3.63) is 58.1 Å². The summed E-state index contributed by atoms with van der Waals surface area (Å²) in [5, 5.41) is 1.31. The molecule has 2 nitrogen and oxygen atoms in total. The molecular weight excluding hydrogens is 267 g/mol. The zero-order valence-corrected chi connectivity index (χ0v) is 11.5. The highest BCUT2D eigenvalue weighted by Crippen LogP contribution is 2.30. The molecule has 2 rings (SSSR count). The Labute approximate surface area is 117 Å². The Morgan fingerprint density at radius 2 is 1.83 bits per heavy atom. The zero-order valence-electron chi connectivity index (χ0n) is 10.0. The van der Waals surface area contributed by atoms with Gasteiger partial charge in [0.1, 0.15) is 0 Å². The second-order valence-corrected chi connectivity index (χ2v) is 5.00. The molecule has 0 bridgehead atoms. The summed E-state index contributed by atoms with van der Waals surface area (Å²) in [5.74, 6) is 0. The monoisotopic (exact) mass is 280 g/mol. The van der Waals surface area contributed by atoms with Gasteiger partial charge >= 0.3 is 0 Å². The van der Waals surface area contributed by atoms with Crippen molar-refractivity contribution in [2.45, 2.75) is 6.54 Å². The first-order valence-corrected chi connectivity index (χ1v) is 6.33. The van der Waals surface area contributed by atoms with E-state index in [4.69, 9.17) is 28.9 Å². The third-order valence-corrected chi connectivity index (χ3v) is 3.31. The molecule has 0 saturated carbocycles. The van der Waals surface area contributed by atoms with Gasteiger partial charge in [0.05, 0.1) is 16.4 Å². The van der Waals surface area contributed by atoms with Crippen LogP contribution in [0, 0.1) is 0 Å². The van der Waals surface area contributed by atoms with Gasteiger partial charge in [-0.3, -0.25) is 0 Å². The topological polar surface area (TPSA) is 29.3 Å². The van der Waals surface area contributed by atoms with Gasteiger partial charge < -0.3 is 10.6 Å². The van der Waals surface area contributed by atoms with Gasteiger partial charge in [-0.25, -0.2) is 0 Å². The number of nitrogen functional groups attached to an aromatic ring is 1. The van der Waals surface area contributed by atoms with E-state index in [1.807, 2.05) is 48.3 Å². The lowest BCUT2D eigenvalue weighted by Crippen LogP contribution is -2.17. The number of para-hydroxylation sites is 1. The van der Waals surface area contributed by atoms with Crippen LogP contribution in [0.2, 0.25) is 10.0 Å². The van der Waals surface area contributed by atoms with Crippen LogP contribution in [0.4, 0.5) is 11.4 Å². The summed E-state index contributed by atoms with van der Waals surface area (Å²) in [6, 6.07) is 13.4. The number of hydrogen-bond donors (Lipinski definition) is 1. The molecule has 18 heavy (non-hydrogen) atoms. The number of halogens is 2. The molecule has 2 N–H and O–H groups in total. The van der Waals surface area contributed by atoms with Gasteiger partial charge in [-0.2, -0.15) is 0 Å². The predicted octanol–water partition coefficient (Wildman–Crippen LogP) is 4.21. The Morgan fingerprint density at radius 1 is 1.11 bits per heavy atom.